The standard InChI is InChI=1S/C13H16BrN5/c1-8-4-9(14)6-19-7-11(17-12(8)19)5-16-13(15)18-10-2-3-10/h4,6-7,10H,2-3,5H2,1H3,(H3,15,16,18). The molecule has 100 valence electrons. The summed E-state index contributed by atoms with van der Waals surface area (Å²) in [5.41, 5.74) is 8.82. The van der Waals surface area contributed by atoms with Crippen molar-refractivity contribution in [3.63, 3.8) is 0 Å². The van der Waals surface area contributed by atoms with E-state index in [0.717, 1.165) is 21.4 Å². The molecule has 2 aromatic rings. The van der Waals surface area contributed by atoms with Gasteiger partial charge in [0.1, 0.15) is 5.65 Å². The van der Waals surface area contributed by atoms with Gasteiger partial charge in [-0.1, -0.05) is 0 Å². The van der Waals surface area contributed by atoms with E-state index >= 15 is 0 Å². The van der Waals surface area contributed by atoms with Crippen LogP contribution in [0.3, 0.4) is 0 Å². The van der Waals surface area contributed by atoms with Crippen LogP contribution in [0.1, 0.15) is 24.1 Å². The van der Waals surface area contributed by atoms with Crippen molar-refractivity contribution in [1.82, 2.24) is 14.7 Å². The molecule has 0 aromatic carbocycles. The fourth-order valence-electron chi connectivity index (χ4n) is 2.00. The van der Waals surface area contributed by atoms with Gasteiger partial charge in [-0.3, -0.25) is 0 Å². The van der Waals surface area contributed by atoms with Crippen molar-refractivity contribution < 1.29 is 0 Å². The Morgan fingerprint density at radius 3 is 3.11 bits per heavy atom. The minimum absolute atomic E-state index is 0.504. The van der Waals surface area contributed by atoms with Gasteiger partial charge >= 0.3 is 0 Å². The average molecular weight is 322 g/mol. The number of imidazole rings is 1. The van der Waals surface area contributed by atoms with E-state index in [1.807, 2.05) is 23.7 Å². The fraction of sp³-hybridized carbons (Fsp3) is 0.385. The first-order chi connectivity index (χ1) is 9.11. The molecule has 19 heavy (non-hydrogen) atoms. The average Bonchev–Trinajstić information content (AvgIpc) is 3.04. The molecular formula is C13H16BrN5. The van der Waals surface area contributed by atoms with Gasteiger partial charge in [0.25, 0.3) is 0 Å². The van der Waals surface area contributed by atoms with E-state index in [1.54, 1.807) is 0 Å². The number of fused-ring (bicyclic) bond motifs is 1. The van der Waals surface area contributed by atoms with Crippen molar-refractivity contribution in [2.75, 3.05) is 0 Å². The van der Waals surface area contributed by atoms with Crippen LogP contribution >= 0.6 is 15.9 Å². The number of pyridine rings is 1. The van der Waals surface area contributed by atoms with Gasteiger partial charge in [0.2, 0.25) is 0 Å². The molecule has 0 radical (unpaired) electrons. The van der Waals surface area contributed by atoms with Gasteiger partial charge in [0.15, 0.2) is 5.96 Å². The highest BCUT2D eigenvalue weighted by Crippen LogP contribution is 2.19. The van der Waals surface area contributed by atoms with Gasteiger partial charge in [-0.2, -0.15) is 0 Å². The van der Waals surface area contributed by atoms with Crippen molar-refractivity contribution in [3.05, 3.63) is 34.2 Å². The highest BCUT2D eigenvalue weighted by atomic mass is 79.9. The normalized spacial score (nSPS) is 16.0. The Morgan fingerprint density at radius 1 is 1.58 bits per heavy atom. The van der Waals surface area contributed by atoms with Crippen LogP contribution < -0.4 is 11.1 Å². The molecule has 6 heteroatoms. The van der Waals surface area contributed by atoms with Crippen LogP contribution in [0.2, 0.25) is 0 Å². The summed E-state index contributed by atoms with van der Waals surface area (Å²) >= 11 is 3.48. The number of nitrogens with zero attached hydrogens (tertiary/aromatic N) is 3. The largest absolute Gasteiger partial charge is 0.370 e. The summed E-state index contributed by atoms with van der Waals surface area (Å²) in [6.45, 7) is 2.55. The molecular weight excluding hydrogens is 306 g/mol. The number of hydrogen-bond acceptors (Lipinski definition) is 2. The molecule has 0 spiro atoms. The molecule has 3 rings (SSSR count). The summed E-state index contributed by atoms with van der Waals surface area (Å²) < 4.78 is 3.05. The first-order valence-electron chi connectivity index (χ1n) is 6.32. The van der Waals surface area contributed by atoms with Crippen LogP contribution in [0.4, 0.5) is 0 Å². The smallest absolute Gasteiger partial charge is 0.189 e. The molecule has 1 aliphatic carbocycles. The second-order valence-electron chi connectivity index (χ2n) is 4.92. The van der Waals surface area contributed by atoms with Crippen LogP contribution in [0.15, 0.2) is 27.9 Å². The minimum atomic E-state index is 0.504. The molecule has 3 N–H and O–H groups in total. The quantitative estimate of drug-likeness (QED) is 0.671. The van der Waals surface area contributed by atoms with Gasteiger partial charge in [-0.15, -0.1) is 0 Å². The second kappa shape index (κ2) is 4.85. The SMILES string of the molecule is Cc1cc(Br)cn2cc(CN=C(N)NC3CC3)nc12. The van der Waals surface area contributed by atoms with Crippen LogP contribution in [0.5, 0.6) is 0 Å². The van der Waals surface area contributed by atoms with E-state index in [-0.39, 0.29) is 0 Å². The van der Waals surface area contributed by atoms with Crippen LogP contribution in [0.25, 0.3) is 5.65 Å². The van der Waals surface area contributed by atoms with E-state index in [1.165, 1.54) is 12.8 Å². The fourth-order valence-corrected chi connectivity index (χ4v) is 2.56. The zero-order valence-corrected chi connectivity index (χ0v) is 12.3. The summed E-state index contributed by atoms with van der Waals surface area (Å²) in [6, 6.07) is 2.58. The van der Waals surface area contributed by atoms with Gasteiger partial charge < -0.3 is 15.5 Å². The number of aromatic nitrogens is 2. The molecule has 0 amide bonds. The zero-order chi connectivity index (χ0) is 13.4. The van der Waals surface area contributed by atoms with Gasteiger partial charge in [-0.05, 0) is 47.3 Å². The number of guanidine groups is 1. The number of nitrogens with one attached hydrogen (secondary N) is 1. The molecule has 1 saturated carbocycles. The third kappa shape index (κ3) is 2.89. The van der Waals surface area contributed by atoms with Crippen molar-refractivity contribution in [2.24, 2.45) is 10.7 Å². The summed E-state index contributed by atoms with van der Waals surface area (Å²) in [6.07, 6.45) is 6.37. The lowest BCUT2D eigenvalue weighted by Crippen LogP contribution is -2.33. The van der Waals surface area contributed by atoms with Crippen LogP contribution in [-0.2, 0) is 6.54 Å². The van der Waals surface area contributed by atoms with Crippen LogP contribution in [0, 0.1) is 6.92 Å². The first-order valence-corrected chi connectivity index (χ1v) is 7.11. The molecule has 0 saturated heterocycles. The molecule has 0 atom stereocenters. The highest BCUT2D eigenvalue weighted by molar-refractivity contribution is 9.10. The third-order valence-corrected chi connectivity index (χ3v) is 3.53. The van der Waals surface area contributed by atoms with E-state index in [2.05, 4.69) is 37.3 Å². The number of aryl methyl sites for hydroxylation is 1. The Balaban J connectivity index is 1.79. The minimum Gasteiger partial charge on any atom is -0.370 e. The molecule has 2 aromatic heterocycles. The highest BCUT2D eigenvalue weighted by Gasteiger charge is 2.21. The van der Waals surface area contributed by atoms with Crippen LogP contribution in [-0.4, -0.2) is 21.4 Å². The maximum atomic E-state index is 5.81. The Labute approximate surface area is 120 Å². The second-order valence-corrected chi connectivity index (χ2v) is 5.84. The number of nitrogens with two attached hydrogens (primary N) is 1. The predicted molar refractivity (Wildman–Crippen MR) is 79.1 cm³/mol. The third-order valence-electron chi connectivity index (χ3n) is 3.09. The Bertz CT molecular complexity index is 642. The lowest BCUT2D eigenvalue weighted by Gasteiger charge is -2.01. The number of rotatable bonds is 3. The molecule has 2 heterocycles. The topological polar surface area (TPSA) is 67.7 Å². The molecule has 0 aliphatic heterocycles. The maximum Gasteiger partial charge on any atom is 0.189 e. The predicted octanol–water partition coefficient (Wildman–Crippen LogP) is 1.97. The Kier molecular flexibility index (Phi) is 3.18. The molecule has 5 nitrogen and oxygen atoms in total. The maximum absolute atomic E-state index is 5.81. The zero-order valence-electron chi connectivity index (χ0n) is 10.7. The number of halogens is 1. The summed E-state index contributed by atoms with van der Waals surface area (Å²) in [4.78, 5) is 8.89. The van der Waals surface area contributed by atoms with E-state index in [0.29, 0.717) is 18.5 Å². The lowest BCUT2D eigenvalue weighted by atomic mass is 10.3. The number of aliphatic imine (C=N–C) groups is 1. The monoisotopic (exact) mass is 321 g/mol. The molecule has 0 bridgehead atoms. The van der Waals surface area contributed by atoms with Gasteiger partial charge in [0.05, 0.1) is 12.2 Å². The van der Waals surface area contributed by atoms with Crippen molar-refractivity contribution in [2.45, 2.75) is 32.4 Å². The Morgan fingerprint density at radius 2 is 2.37 bits per heavy atom. The van der Waals surface area contributed by atoms with E-state index in [4.69, 9.17) is 5.73 Å². The van der Waals surface area contributed by atoms with Crippen molar-refractivity contribution in [1.29, 1.82) is 0 Å². The van der Waals surface area contributed by atoms with E-state index < -0.39 is 0 Å². The van der Waals surface area contributed by atoms with E-state index in [9.17, 15) is 0 Å². The van der Waals surface area contributed by atoms with Gasteiger partial charge in [0, 0.05) is 22.9 Å². The molecule has 1 fully saturated rings. The van der Waals surface area contributed by atoms with Gasteiger partial charge in [-0.25, -0.2) is 9.98 Å². The van der Waals surface area contributed by atoms with Crippen molar-refractivity contribution >= 4 is 27.5 Å². The first kappa shape index (κ1) is 12.5. The molecule has 0 unspecified atom stereocenters. The molecule has 1 aliphatic rings. The lowest BCUT2D eigenvalue weighted by molar-refractivity contribution is 0.874. The summed E-state index contributed by atoms with van der Waals surface area (Å²) in [5, 5.41) is 3.16. The summed E-state index contributed by atoms with van der Waals surface area (Å²) in [5.74, 6) is 0.512. The Hall–Kier alpha value is -1.56. The summed E-state index contributed by atoms with van der Waals surface area (Å²) in [7, 11) is 0. The van der Waals surface area contributed by atoms with Crippen molar-refractivity contribution in [3.8, 4) is 0 Å². The number of hydrogen-bond donors (Lipinski definition) is 2.